The molecule has 0 aromatic carbocycles. The van der Waals surface area contributed by atoms with Gasteiger partial charge < -0.3 is 14.7 Å². The molecule has 0 aliphatic rings. The van der Waals surface area contributed by atoms with E-state index < -0.39 is 13.3 Å². The summed E-state index contributed by atoms with van der Waals surface area (Å²) in [5.74, 6) is -0.732. The summed E-state index contributed by atoms with van der Waals surface area (Å²) in [5.41, 5.74) is 0. The number of hydrogen-bond donors (Lipinski definition) is 2. The fraction of sp³-hybridized carbons (Fsp3) is 0.667. The van der Waals surface area contributed by atoms with Crippen LogP contribution in [0.25, 0.3) is 0 Å². The molecule has 0 saturated carbocycles. The Bertz CT molecular complexity index is 112. The average molecular weight is 286 g/mol. The van der Waals surface area contributed by atoms with Gasteiger partial charge in [0.1, 0.15) is 0 Å². The molecule has 2 N–H and O–H groups in total. The topological polar surface area (TPSA) is 66.8 Å². The van der Waals surface area contributed by atoms with E-state index in [-0.39, 0.29) is 28.7 Å². The molecule has 1 atom stereocenters. The third kappa shape index (κ3) is 11.1. The predicted octanol–water partition coefficient (Wildman–Crippen LogP) is -0.759. The van der Waals surface area contributed by atoms with E-state index in [2.05, 4.69) is 4.65 Å². The standard InChI is InChI=1S/C3H5BClIO4.Li.H/c5-2(6)1-3(7)10-4(8)9;;/h2,8-9H,1H2;;. The van der Waals surface area contributed by atoms with Crippen LogP contribution in [0.1, 0.15) is 6.42 Å². The van der Waals surface area contributed by atoms with Crippen molar-refractivity contribution in [2.24, 2.45) is 0 Å². The number of carbonyl (C=O) groups excluding carboxylic acids is 1. The van der Waals surface area contributed by atoms with Crippen molar-refractivity contribution in [3.8, 4) is 0 Å². The second kappa shape index (κ2) is 7.71. The summed E-state index contributed by atoms with van der Waals surface area (Å²) >= 11 is 7.18. The van der Waals surface area contributed by atoms with Crippen LogP contribution < -0.4 is 0 Å². The first-order chi connectivity index (χ1) is 4.52. The first-order valence-electron chi connectivity index (χ1n) is 2.36. The monoisotopic (exact) mass is 286 g/mol. The van der Waals surface area contributed by atoms with Crippen LogP contribution in [0.2, 0.25) is 0 Å². The molecular formula is C3H6BClILiO4. The summed E-state index contributed by atoms with van der Waals surface area (Å²) in [4.78, 5) is 10.4. The maximum absolute atomic E-state index is 10.4. The number of hydrogen-bond acceptors (Lipinski definition) is 4. The zero-order valence-corrected chi connectivity index (χ0v) is 7.74. The summed E-state index contributed by atoms with van der Waals surface area (Å²) in [6.07, 6.45) is -0.0419. The van der Waals surface area contributed by atoms with Gasteiger partial charge in [-0.1, -0.05) is 22.6 Å². The minimum atomic E-state index is -2.04. The second-order valence-corrected chi connectivity index (χ2v) is 4.18. The van der Waals surface area contributed by atoms with Crippen LogP contribution in [0.15, 0.2) is 0 Å². The van der Waals surface area contributed by atoms with Crippen LogP contribution in [-0.4, -0.2) is 45.6 Å². The molecule has 11 heavy (non-hydrogen) atoms. The fourth-order valence-corrected chi connectivity index (χ4v) is 0.777. The second-order valence-electron chi connectivity index (χ2n) is 1.41. The fourth-order valence-electron chi connectivity index (χ4n) is 0.292. The molecule has 0 radical (unpaired) electrons. The molecule has 4 nitrogen and oxygen atoms in total. The van der Waals surface area contributed by atoms with Crippen LogP contribution >= 0.6 is 34.2 Å². The SMILES string of the molecule is O=C(CC(Cl)I)OB(O)O.[LiH]. The molecule has 0 aliphatic carbocycles. The molecule has 0 aromatic heterocycles. The van der Waals surface area contributed by atoms with Gasteiger partial charge in [0.15, 0.2) is 0 Å². The Morgan fingerprint density at radius 2 is 2.18 bits per heavy atom. The molecule has 8 heteroatoms. The van der Waals surface area contributed by atoms with Gasteiger partial charge in [-0.3, -0.25) is 4.79 Å². The van der Waals surface area contributed by atoms with E-state index in [4.69, 9.17) is 21.6 Å². The molecule has 0 rings (SSSR count). The molecule has 0 amide bonds. The normalized spacial score (nSPS) is 11.3. The first-order valence-corrected chi connectivity index (χ1v) is 4.04. The molecule has 1 unspecified atom stereocenters. The van der Waals surface area contributed by atoms with Crippen LogP contribution in [0, 0.1) is 0 Å². The quantitative estimate of drug-likeness (QED) is 0.407. The van der Waals surface area contributed by atoms with Gasteiger partial charge >= 0.3 is 26.2 Å². The van der Waals surface area contributed by atoms with Gasteiger partial charge in [-0.2, -0.15) is 0 Å². The van der Waals surface area contributed by atoms with Gasteiger partial charge in [0.25, 0.3) is 5.97 Å². The van der Waals surface area contributed by atoms with Crippen molar-refractivity contribution in [2.45, 2.75) is 9.80 Å². The summed E-state index contributed by atoms with van der Waals surface area (Å²) in [5, 5.41) is 16.2. The van der Waals surface area contributed by atoms with Crippen LogP contribution in [0.5, 0.6) is 0 Å². The van der Waals surface area contributed by atoms with Gasteiger partial charge in [-0.05, 0) is 0 Å². The molecular weight excluding hydrogens is 280 g/mol. The van der Waals surface area contributed by atoms with Crippen molar-refractivity contribution in [1.82, 2.24) is 0 Å². The summed E-state index contributed by atoms with van der Waals surface area (Å²) in [6.45, 7) is 0. The van der Waals surface area contributed by atoms with Crippen LogP contribution in [0.4, 0.5) is 0 Å². The molecule has 0 saturated heterocycles. The number of carbonyl (C=O) groups is 1. The van der Waals surface area contributed by atoms with E-state index >= 15 is 0 Å². The molecule has 0 spiro atoms. The maximum atomic E-state index is 10.4. The van der Waals surface area contributed by atoms with E-state index in [1.165, 1.54) is 0 Å². The van der Waals surface area contributed by atoms with Gasteiger partial charge in [-0.15, -0.1) is 11.6 Å². The molecule has 0 aromatic rings. The molecule has 0 fully saturated rings. The number of rotatable bonds is 3. The van der Waals surface area contributed by atoms with E-state index in [1.54, 1.807) is 22.6 Å². The Balaban J connectivity index is 0. The van der Waals surface area contributed by atoms with Gasteiger partial charge in [0, 0.05) is 0 Å². The van der Waals surface area contributed by atoms with Gasteiger partial charge in [-0.25, -0.2) is 0 Å². The third-order valence-electron chi connectivity index (χ3n) is 0.558. The molecule has 0 aliphatic heterocycles. The average Bonchev–Trinajstić information content (AvgIpc) is 1.58. The van der Waals surface area contributed by atoms with E-state index in [0.29, 0.717) is 0 Å². The van der Waals surface area contributed by atoms with E-state index in [9.17, 15) is 4.79 Å². The van der Waals surface area contributed by atoms with Gasteiger partial charge in [0.05, 0.1) is 9.80 Å². The number of alkyl halides is 2. The van der Waals surface area contributed by atoms with Crippen molar-refractivity contribution in [1.29, 1.82) is 0 Å². The van der Waals surface area contributed by atoms with Crippen molar-refractivity contribution in [3.63, 3.8) is 0 Å². The zero-order valence-electron chi connectivity index (χ0n) is 4.83. The van der Waals surface area contributed by atoms with Crippen molar-refractivity contribution >= 4 is 66.3 Å². The number of halogens is 2. The Kier molecular flexibility index (Phi) is 10.2. The molecule has 0 bridgehead atoms. The Morgan fingerprint density at radius 1 is 1.73 bits per heavy atom. The van der Waals surface area contributed by atoms with E-state index in [1.807, 2.05) is 0 Å². The summed E-state index contributed by atoms with van der Waals surface area (Å²) in [7, 11) is -2.04. The first kappa shape index (κ1) is 14.6. The Morgan fingerprint density at radius 3 is 2.45 bits per heavy atom. The molecule has 60 valence electrons. The van der Waals surface area contributed by atoms with E-state index in [0.717, 1.165) is 0 Å². The van der Waals surface area contributed by atoms with Crippen molar-refractivity contribution < 1.29 is 19.5 Å². The van der Waals surface area contributed by atoms with Crippen molar-refractivity contribution in [2.75, 3.05) is 0 Å². The van der Waals surface area contributed by atoms with Crippen LogP contribution in [-0.2, 0) is 9.45 Å². The predicted molar refractivity (Wildman–Crippen MR) is 51.7 cm³/mol. The minimum absolute atomic E-state index is 0. The van der Waals surface area contributed by atoms with Gasteiger partial charge in [0.2, 0.25) is 0 Å². The Hall–Kier alpha value is 1.07. The van der Waals surface area contributed by atoms with Crippen molar-refractivity contribution in [3.05, 3.63) is 0 Å². The Labute approximate surface area is 95.1 Å². The summed E-state index contributed by atoms with van der Waals surface area (Å²) < 4.78 is 3.56. The zero-order chi connectivity index (χ0) is 8.15. The third-order valence-corrected chi connectivity index (χ3v) is 1.15. The summed E-state index contributed by atoms with van der Waals surface area (Å²) in [6, 6.07) is 0. The molecule has 0 heterocycles. The van der Waals surface area contributed by atoms with Crippen LogP contribution in [0.3, 0.4) is 0 Å².